The van der Waals surface area contributed by atoms with E-state index in [1.54, 1.807) is 18.7 Å². The summed E-state index contributed by atoms with van der Waals surface area (Å²) in [5.41, 5.74) is 1.81. The number of ketones is 1. The second-order valence-corrected chi connectivity index (χ2v) is 4.40. The average Bonchev–Trinajstić information content (AvgIpc) is 2.77. The molecule has 0 atom stereocenters. The zero-order chi connectivity index (χ0) is 11.5. The summed E-state index contributed by atoms with van der Waals surface area (Å²) in [7, 11) is 0. The van der Waals surface area contributed by atoms with Gasteiger partial charge in [0.25, 0.3) is 0 Å². The molecule has 0 saturated heterocycles. The molecule has 0 unspecified atom stereocenters. The van der Waals surface area contributed by atoms with Crippen LogP contribution >= 0.6 is 11.8 Å². The Kier molecular flexibility index (Phi) is 3.29. The Bertz CT molecular complexity index is 442. The number of aliphatic imine (C=N–C) groups is 1. The smallest absolute Gasteiger partial charge is 0.163 e. The lowest BCUT2D eigenvalue weighted by molar-refractivity contribution is 0.101. The molecule has 4 heteroatoms. The van der Waals surface area contributed by atoms with Crippen LogP contribution < -0.4 is 4.90 Å². The first-order valence-corrected chi connectivity index (χ1v) is 6.42. The van der Waals surface area contributed by atoms with Crippen molar-refractivity contribution in [3.05, 3.63) is 29.8 Å². The van der Waals surface area contributed by atoms with Gasteiger partial charge in [-0.15, -0.1) is 0 Å². The summed E-state index contributed by atoms with van der Waals surface area (Å²) in [6.45, 7) is 3.32. The van der Waals surface area contributed by atoms with Crippen molar-refractivity contribution in [3.8, 4) is 0 Å². The molecule has 0 bridgehead atoms. The van der Waals surface area contributed by atoms with Crippen LogP contribution in [0.2, 0.25) is 0 Å². The van der Waals surface area contributed by atoms with E-state index < -0.39 is 0 Å². The van der Waals surface area contributed by atoms with Crippen molar-refractivity contribution in [2.24, 2.45) is 4.99 Å². The van der Waals surface area contributed by atoms with Crippen LogP contribution in [0.5, 0.6) is 0 Å². The zero-order valence-electron chi connectivity index (χ0n) is 9.43. The Balaban J connectivity index is 2.30. The van der Waals surface area contributed by atoms with E-state index in [9.17, 15) is 4.79 Å². The molecule has 0 aliphatic carbocycles. The van der Waals surface area contributed by atoms with Gasteiger partial charge in [-0.1, -0.05) is 23.9 Å². The van der Waals surface area contributed by atoms with E-state index in [1.165, 1.54) is 0 Å². The van der Waals surface area contributed by atoms with Crippen LogP contribution in [-0.2, 0) is 0 Å². The average molecular weight is 234 g/mol. The summed E-state index contributed by atoms with van der Waals surface area (Å²) >= 11 is 1.64. The molecule has 0 amide bonds. The molecule has 0 spiro atoms. The second-order valence-electron chi connectivity index (χ2n) is 3.63. The number of anilines is 1. The van der Waals surface area contributed by atoms with Crippen LogP contribution in [0, 0.1) is 0 Å². The predicted molar refractivity (Wildman–Crippen MR) is 69.6 cm³/mol. The van der Waals surface area contributed by atoms with Gasteiger partial charge in [0.15, 0.2) is 11.0 Å². The molecule has 0 saturated carbocycles. The van der Waals surface area contributed by atoms with Crippen molar-refractivity contribution in [2.75, 3.05) is 24.2 Å². The summed E-state index contributed by atoms with van der Waals surface area (Å²) in [6.07, 6.45) is 2.02. The fraction of sp³-hybridized carbons (Fsp3) is 0.333. The fourth-order valence-electron chi connectivity index (χ4n) is 1.73. The number of rotatable bonds is 2. The SMILES string of the molecule is CSC1=NCCN1c1cccc(C(C)=O)c1. The van der Waals surface area contributed by atoms with Crippen molar-refractivity contribution >= 4 is 28.4 Å². The lowest BCUT2D eigenvalue weighted by Gasteiger charge is -2.19. The normalized spacial score (nSPS) is 15.1. The quantitative estimate of drug-likeness (QED) is 0.737. The number of carbonyl (C=O) groups excluding carboxylic acids is 1. The van der Waals surface area contributed by atoms with Crippen molar-refractivity contribution in [2.45, 2.75) is 6.92 Å². The van der Waals surface area contributed by atoms with Crippen molar-refractivity contribution < 1.29 is 4.79 Å². The first-order valence-electron chi connectivity index (χ1n) is 5.19. The number of amidine groups is 1. The molecule has 1 aromatic carbocycles. The highest BCUT2D eigenvalue weighted by Gasteiger charge is 2.18. The number of hydrogen-bond acceptors (Lipinski definition) is 4. The van der Waals surface area contributed by atoms with Gasteiger partial charge < -0.3 is 4.90 Å². The van der Waals surface area contributed by atoms with Crippen LogP contribution in [0.4, 0.5) is 5.69 Å². The van der Waals surface area contributed by atoms with Crippen LogP contribution in [0.25, 0.3) is 0 Å². The number of hydrogen-bond donors (Lipinski definition) is 0. The largest absolute Gasteiger partial charge is 0.319 e. The molecular weight excluding hydrogens is 220 g/mol. The third-order valence-corrected chi connectivity index (χ3v) is 3.26. The first-order chi connectivity index (χ1) is 7.72. The maximum Gasteiger partial charge on any atom is 0.163 e. The topological polar surface area (TPSA) is 32.7 Å². The highest BCUT2D eigenvalue weighted by atomic mass is 32.2. The lowest BCUT2D eigenvalue weighted by atomic mass is 10.1. The van der Waals surface area contributed by atoms with Gasteiger partial charge in [0, 0.05) is 17.8 Å². The van der Waals surface area contributed by atoms with Gasteiger partial charge in [0.05, 0.1) is 6.54 Å². The standard InChI is InChI=1S/C12H14N2OS/c1-9(15)10-4-3-5-11(8-10)14-7-6-13-12(14)16-2/h3-5,8H,6-7H2,1-2H3. The van der Waals surface area contributed by atoms with Crippen LogP contribution in [0.15, 0.2) is 29.3 Å². The Hall–Kier alpha value is -1.29. The molecule has 1 heterocycles. The van der Waals surface area contributed by atoms with E-state index >= 15 is 0 Å². The minimum atomic E-state index is 0.101. The van der Waals surface area contributed by atoms with Crippen LogP contribution in [0.1, 0.15) is 17.3 Å². The molecule has 84 valence electrons. The Morgan fingerprint density at radius 3 is 3.00 bits per heavy atom. The highest BCUT2D eigenvalue weighted by Crippen LogP contribution is 2.22. The Morgan fingerprint density at radius 2 is 2.31 bits per heavy atom. The fourth-order valence-corrected chi connectivity index (χ4v) is 2.37. The highest BCUT2D eigenvalue weighted by molar-refractivity contribution is 8.13. The van der Waals surface area contributed by atoms with Crippen molar-refractivity contribution in [1.82, 2.24) is 0 Å². The van der Waals surface area contributed by atoms with Crippen molar-refractivity contribution in [1.29, 1.82) is 0 Å². The molecule has 3 nitrogen and oxygen atoms in total. The van der Waals surface area contributed by atoms with Gasteiger partial charge in [-0.25, -0.2) is 0 Å². The number of Topliss-reactive ketones (excluding diaryl/α,β-unsaturated/α-hetero) is 1. The minimum absolute atomic E-state index is 0.101. The molecule has 0 aromatic heterocycles. The minimum Gasteiger partial charge on any atom is -0.319 e. The number of thioether (sulfide) groups is 1. The zero-order valence-corrected chi connectivity index (χ0v) is 10.3. The van der Waals surface area contributed by atoms with Gasteiger partial charge in [0.2, 0.25) is 0 Å². The van der Waals surface area contributed by atoms with Crippen LogP contribution in [0.3, 0.4) is 0 Å². The summed E-state index contributed by atoms with van der Waals surface area (Å²) < 4.78 is 0. The molecule has 0 fully saturated rings. The molecule has 1 aliphatic rings. The second kappa shape index (κ2) is 4.70. The summed E-state index contributed by atoms with van der Waals surface area (Å²) in [5.74, 6) is 0.101. The molecular formula is C12H14N2OS. The maximum atomic E-state index is 11.3. The molecule has 1 aromatic rings. The molecule has 16 heavy (non-hydrogen) atoms. The maximum absolute atomic E-state index is 11.3. The summed E-state index contributed by atoms with van der Waals surface area (Å²) in [6, 6.07) is 7.71. The lowest BCUT2D eigenvalue weighted by Crippen LogP contribution is -2.24. The van der Waals surface area contributed by atoms with Gasteiger partial charge >= 0.3 is 0 Å². The number of benzene rings is 1. The first kappa shape index (κ1) is 11.2. The third-order valence-electron chi connectivity index (χ3n) is 2.55. The van der Waals surface area contributed by atoms with E-state index in [2.05, 4.69) is 9.89 Å². The van der Waals surface area contributed by atoms with E-state index in [0.29, 0.717) is 0 Å². The van der Waals surface area contributed by atoms with E-state index in [4.69, 9.17) is 0 Å². The number of nitrogens with zero attached hydrogens (tertiary/aromatic N) is 2. The third kappa shape index (κ3) is 2.11. The Labute approximate surface area is 99.6 Å². The summed E-state index contributed by atoms with van der Waals surface area (Å²) in [4.78, 5) is 17.9. The summed E-state index contributed by atoms with van der Waals surface area (Å²) in [5, 5.41) is 1.03. The monoisotopic (exact) mass is 234 g/mol. The Morgan fingerprint density at radius 1 is 1.50 bits per heavy atom. The van der Waals surface area contributed by atoms with Gasteiger partial charge in [0.1, 0.15) is 0 Å². The molecule has 0 N–H and O–H groups in total. The van der Waals surface area contributed by atoms with Gasteiger partial charge in [-0.05, 0) is 25.3 Å². The van der Waals surface area contributed by atoms with E-state index in [1.807, 2.05) is 30.5 Å². The van der Waals surface area contributed by atoms with Crippen LogP contribution in [-0.4, -0.2) is 30.3 Å². The van der Waals surface area contributed by atoms with Gasteiger partial charge in [-0.2, -0.15) is 0 Å². The van der Waals surface area contributed by atoms with Gasteiger partial charge in [-0.3, -0.25) is 9.79 Å². The molecule has 1 aliphatic heterocycles. The van der Waals surface area contributed by atoms with E-state index in [0.717, 1.165) is 29.5 Å². The predicted octanol–water partition coefficient (Wildman–Crippen LogP) is 2.43. The molecule has 0 radical (unpaired) electrons. The van der Waals surface area contributed by atoms with E-state index in [-0.39, 0.29) is 5.78 Å². The van der Waals surface area contributed by atoms with Crippen molar-refractivity contribution in [3.63, 3.8) is 0 Å². The molecule has 2 rings (SSSR count). The number of carbonyl (C=O) groups is 1.